The lowest BCUT2D eigenvalue weighted by molar-refractivity contribution is 0.259. The Kier molecular flexibility index (Phi) is 4.07. The van der Waals surface area contributed by atoms with Crippen molar-refractivity contribution in [1.29, 1.82) is 0 Å². The van der Waals surface area contributed by atoms with Crippen LogP contribution in [0.5, 0.6) is 0 Å². The minimum atomic E-state index is -0.619. The van der Waals surface area contributed by atoms with E-state index in [4.69, 9.17) is 10.8 Å². The first-order valence-corrected chi connectivity index (χ1v) is 7.71. The molecule has 0 atom stereocenters. The van der Waals surface area contributed by atoms with Gasteiger partial charge in [-0.3, -0.25) is 10.00 Å². The van der Waals surface area contributed by atoms with Crippen LogP contribution in [0.1, 0.15) is 25.3 Å². The number of primary amides is 1. The van der Waals surface area contributed by atoms with Crippen LogP contribution in [0.4, 0.5) is 10.6 Å². The van der Waals surface area contributed by atoms with Crippen molar-refractivity contribution in [1.82, 2.24) is 19.6 Å². The van der Waals surface area contributed by atoms with Gasteiger partial charge in [-0.25, -0.2) is 9.48 Å². The van der Waals surface area contributed by atoms with E-state index in [9.17, 15) is 4.79 Å². The van der Waals surface area contributed by atoms with Crippen molar-refractivity contribution < 1.29 is 4.79 Å². The number of benzene rings is 1. The van der Waals surface area contributed by atoms with Crippen molar-refractivity contribution in [2.45, 2.75) is 19.8 Å². The molecule has 3 aromatic rings. The maximum absolute atomic E-state index is 11.5. The van der Waals surface area contributed by atoms with Crippen LogP contribution in [0, 0.1) is 0 Å². The Bertz CT molecular complexity index is 863. The SMILES string of the molecule is CC(C)c1c(-c2cnn(C)c2)nn(-c2ccccc2)c1NC(N)=O. The zero-order valence-corrected chi connectivity index (χ0v) is 13.9. The number of nitrogens with one attached hydrogen (secondary N) is 1. The van der Waals surface area contributed by atoms with E-state index in [2.05, 4.69) is 24.3 Å². The quantitative estimate of drug-likeness (QED) is 0.773. The number of rotatable bonds is 4. The molecule has 2 heterocycles. The first-order chi connectivity index (χ1) is 11.5. The van der Waals surface area contributed by atoms with Gasteiger partial charge in [-0.1, -0.05) is 32.0 Å². The van der Waals surface area contributed by atoms with Crippen molar-refractivity contribution in [2.24, 2.45) is 12.8 Å². The zero-order valence-electron chi connectivity index (χ0n) is 13.9. The number of urea groups is 1. The molecule has 7 nitrogen and oxygen atoms in total. The molecule has 3 N–H and O–H groups in total. The number of amides is 2. The Balaban J connectivity index is 2.26. The molecule has 0 saturated carbocycles. The number of carbonyl (C=O) groups is 1. The van der Waals surface area contributed by atoms with E-state index in [1.54, 1.807) is 15.6 Å². The smallest absolute Gasteiger partial charge is 0.317 e. The number of carbonyl (C=O) groups excluding carboxylic acids is 1. The Labute approximate surface area is 140 Å². The summed E-state index contributed by atoms with van der Waals surface area (Å²) in [6, 6.07) is 9.01. The van der Waals surface area contributed by atoms with E-state index >= 15 is 0 Å². The highest BCUT2D eigenvalue weighted by atomic mass is 16.2. The molecule has 2 amide bonds. The number of nitrogens with two attached hydrogens (primary N) is 1. The Hall–Kier alpha value is -3.09. The highest BCUT2D eigenvalue weighted by Crippen LogP contribution is 2.36. The minimum absolute atomic E-state index is 0.138. The fourth-order valence-electron chi connectivity index (χ4n) is 2.73. The molecule has 124 valence electrons. The standard InChI is InChI=1S/C17H20N6O/c1-11(2)14-15(12-9-19-22(3)10-12)21-23(16(14)20-17(18)24)13-7-5-4-6-8-13/h4-11H,1-3H3,(H3,18,20,24). The molecular formula is C17H20N6O. The monoisotopic (exact) mass is 324 g/mol. The van der Waals surface area contributed by atoms with Crippen LogP contribution in [0.25, 0.3) is 16.9 Å². The van der Waals surface area contributed by atoms with Crippen molar-refractivity contribution in [3.05, 3.63) is 48.3 Å². The van der Waals surface area contributed by atoms with Gasteiger partial charge >= 0.3 is 6.03 Å². The van der Waals surface area contributed by atoms with Crippen molar-refractivity contribution in [2.75, 3.05) is 5.32 Å². The number of hydrogen-bond donors (Lipinski definition) is 2. The summed E-state index contributed by atoms with van der Waals surface area (Å²) in [7, 11) is 1.86. The largest absolute Gasteiger partial charge is 0.351 e. The van der Waals surface area contributed by atoms with Crippen LogP contribution in [0.3, 0.4) is 0 Å². The van der Waals surface area contributed by atoms with E-state index in [-0.39, 0.29) is 5.92 Å². The van der Waals surface area contributed by atoms with Gasteiger partial charge in [0.05, 0.1) is 11.9 Å². The third kappa shape index (κ3) is 2.88. The van der Waals surface area contributed by atoms with Gasteiger partial charge < -0.3 is 5.73 Å². The zero-order chi connectivity index (χ0) is 17.3. The molecule has 0 aliphatic heterocycles. The van der Waals surface area contributed by atoms with Gasteiger partial charge in [0.2, 0.25) is 0 Å². The summed E-state index contributed by atoms with van der Waals surface area (Å²) in [5.74, 6) is 0.724. The van der Waals surface area contributed by atoms with Gasteiger partial charge in [0, 0.05) is 24.4 Å². The van der Waals surface area contributed by atoms with Crippen molar-refractivity contribution in [3.8, 4) is 16.9 Å². The van der Waals surface area contributed by atoms with E-state index < -0.39 is 6.03 Å². The molecule has 2 aromatic heterocycles. The molecule has 0 radical (unpaired) electrons. The fraction of sp³-hybridized carbons (Fsp3) is 0.235. The number of nitrogens with zero attached hydrogens (tertiary/aromatic N) is 4. The summed E-state index contributed by atoms with van der Waals surface area (Å²) in [4.78, 5) is 11.5. The third-order valence-electron chi connectivity index (χ3n) is 3.72. The number of para-hydroxylation sites is 1. The molecular weight excluding hydrogens is 304 g/mol. The van der Waals surface area contributed by atoms with E-state index in [0.717, 1.165) is 22.5 Å². The predicted octanol–water partition coefficient (Wildman–Crippen LogP) is 2.89. The van der Waals surface area contributed by atoms with Crippen molar-refractivity contribution in [3.63, 3.8) is 0 Å². The number of hydrogen-bond acceptors (Lipinski definition) is 3. The minimum Gasteiger partial charge on any atom is -0.351 e. The first-order valence-electron chi connectivity index (χ1n) is 7.71. The predicted molar refractivity (Wildman–Crippen MR) is 93.1 cm³/mol. The topological polar surface area (TPSA) is 90.8 Å². The maximum atomic E-state index is 11.5. The van der Waals surface area contributed by atoms with Gasteiger partial charge in [-0.15, -0.1) is 0 Å². The normalized spacial score (nSPS) is 11.0. The number of aromatic nitrogens is 4. The second-order valence-corrected chi connectivity index (χ2v) is 5.90. The second-order valence-electron chi connectivity index (χ2n) is 5.90. The molecule has 3 rings (SSSR count). The molecule has 24 heavy (non-hydrogen) atoms. The molecule has 0 bridgehead atoms. The van der Waals surface area contributed by atoms with E-state index in [1.807, 2.05) is 43.6 Å². The molecule has 0 saturated heterocycles. The second kappa shape index (κ2) is 6.19. The lowest BCUT2D eigenvalue weighted by Gasteiger charge is -2.11. The summed E-state index contributed by atoms with van der Waals surface area (Å²) < 4.78 is 3.44. The van der Waals surface area contributed by atoms with Crippen LogP contribution < -0.4 is 11.1 Å². The van der Waals surface area contributed by atoms with Gasteiger partial charge in [-0.2, -0.15) is 10.2 Å². The average molecular weight is 324 g/mol. The highest BCUT2D eigenvalue weighted by Gasteiger charge is 2.24. The van der Waals surface area contributed by atoms with Crippen LogP contribution in [-0.2, 0) is 7.05 Å². The summed E-state index contributed by atoms with van der Waals surface area (Å²) >= 11 is 0. The summed E-state index contributed by atoms with van der Waals surface area (Å²) in [5.41, 5.74) is 8.83. The summed E-state index contributed by atoms with van der Waals surface area (Å²) in [5, 5.41) is 11.7. The summed E-state index contributed by atoms with van der Waals surface area (Å²) in [6.45, 7) is 4.11. The van der Waals surface area contributed by atoms with Gasteiger partial charge in [0.25, 0.3) is 0 Å². The third-order valence-corrected chi connectivity index (χ3v) is 3.72. The highest BCUT2D eigenvalue weighted by molar-refractivity contribution is 5.90. The maximum Gasteiger partial charge on any atom is 0.317 e. The number of aryl methyl sites for hydroxylation is 1. The lowest BCUT2D eigenvalue weighted by atomic mass is 10.00. The molecule has 1 aromatic carbocycles. The van der Waals surface area contributed by atoms with Gasteiger partial charge in [0.15, 0.2) is 0 Å². The molecule has 0 unspecified atom stereocenters. The molecule has 0 aliphatic carbocycles. The van der Waals surface area contributed by atoms with E-state index in [0.29, 0.717) is 5.82 Å². The summed E-state index contributed by atoms with van der Waals surface area (Å²) in [6.07, 6.45) is 3.66. The van der Waals surface area contributed by atoms with E-state index in [1.165, 1.54) is 0 Å². The Morgan fingerprint density at radius 3 is 2.50 bits per heavy atom. The Morgan fingerprint density at radius 1 is 1.25 bits per heavy atom. The fourth-order valence-corrected chi connectivity index (χ4v) is 2.73. The average Bonchev–Trinajstić information content (AvgIpc) is 3.11. The van der Waals surface area contributed by atoms with Crippen LogP contribution in [0.2, 0.25) is 0 Å². The van der Waals surface area contributed by atoms with Gasteiger partial charge in [-0.05, 0) is 18.1 Å². The van der Waals surface area contributed by atoms with Crippen LogP contribution in [0.15, 0.2) is 42.7 Å². The molecule has 0 spiro atoms. The number of anilines is 1. The Morgan fingerprint density at radius 2 is 1.96 bits per heavy atom. The van der Waals surface area contributed by atoms with Crippen LogP contribution in [-0.4, -0.2) is 25.6 Å². The molecule has 0 fully saturated rings. The molecule has 0 aliphatic rings. The van der Waals surface area contributed by atoms with Crippen molar-refractivity contribution >= 4 is 11.8 Å². The first kappa shape index (κ1) is 15.8. The van der Waals surface area contributed by atoms with Crippen LogP contribution >= 0.6 is 0 Å². The lowest BCUT2D eigenvalue weighted by Crippen LogP contribution is -2.22. The van der Waals surface area contributed by atoms with Gasteiger partial charge in [0.1, 0.15) is 11.5 Å². The molecule has 7 heteroatoms.